The van der Waals surface area contributed by atoms with Gasteiger partial charge in [-0.2, -0.15) is 4.83 Å². The largest absolute Gasteiger partial charge is 2.00 e. The van der Waals surface area contributed by atoms with Gasteiger partial charge in [-0.3, -0.25) is 0 Å². The molecule has 0 radical (unpaired) electrons. The van der Waals surface area contributed by atoms with Crippen molar-refractivity contribution in [3.05, 3.63) is 0 Å². The van der Waals surface area contributed by atoms with Gasteiger partial charge in [-0.25, -0.2) is 0 Å². The zero-order chi connectivity index (χ0) is 3.58. The molecule has 0 atom stereocenters. The summed E-state index contributed by atoms with van der Waals surface area (Å²) in [5.41, 5.74) is 0. The fourth-order valence-corrected chi connectivity index (χ4v) is 0. The minimum atomic E-state index is -0.833. The van der Waals surface area contributed by atoms with Crippen molar-refractivity contribution in [3.8, 4) is 0 Å². The van der Waals surface area contributed by atoms with E-state index in [1.54, 1.807) is 0 Å². The summed E-state index contributed by atoms with van der Waals surface area (Å²) in [7, 11) is 0. The van der Waals surface area contributed by atoms with Gasteiger partial charge in [-0.05, 0) is 0 Å². The van der Waals surface area contributed by atoms with E-state index < -0.39 is 21.1 Å². The minimum Gasteiger partial charge on any atom is -0.605 e. The minimum absolute atomic E-state index is 0. The van der Waals surface area contributed by atoms with E-state index in [1.165, 1.54) is 0 Å². The first-order valence-corrected chi connectivity index (χ1v) is 0.408. The van der Waals surface area contributed by atoms with Crippen molar-refractivity contribution in [1.82, 2.24) is 0 Å². The molecule has 0 aliphatic carbocycles. The molecule has 0 spiro atoms. The summed E-state index contributed by atoms with van der Waals surface area (Å²) in [5, 5.41) is 9.00. The average molecular weight is 132 g/mol. The first-order chi connectivity index (χ1) is 1.73. The predicted octanol–water partition coefficient (Wildman–Crippen LogP) is -3.51. The Balaban J connectivity index is -0.0000000450. The van der Waals surface area contributed by atoms with Crippen LogP contribution in [-0.2, 0) is 0 Å². The van der Waals surface area contributed by atoms with Crippen LogP contribution in [0.3, 0.4) is 0 Å². The molecule has 0 amide bonds. The first-order valence-electron chi connectivity index (χ1n) is 0.408. The van der Waals surface area contributed by atoms with E-state index >= 15 is 0 Å². The van der Waals surface area contributed by atoms with Crippen LogP contribution in [0, 0.1) is 0 Å². The zero-order valence-electron chi connectivity index (χ0n) is 2.52. The molecule has 0 bridgehead atoms. The summed E-state index contributed by atoms with van der Waals surface area (Å²) in [6.07, 6.45) is 0. The first kappa shape index (κ1) is 15.7. The van der Waals surface area contributed by atoms with Crippen LogP contribution in [0.25, 0.3) is 0 Å². The summed E-state index contributed by atoms with van der Waals surface area (Å²) in [4.78, 5) is 8.17. The molecule has 0 unspecified atom stereocenters. The Kier molecular flexibility index (Phi) is 24.9. The molecule has 0 saturated carbocycles. The Morgan fingerprint density at radius 1 is 1.67 bits per heavy atom. The Bertz CT molecular complexity index is 33.8. The van der Waals surface area contributed by atoms with E-state index in [0.717, 1.165) is 0 Å². The van der Waals surface area contributed by atoms with Gasteiger partial charge in [0.2, 0.25) is 0 Å². The number of rotatable bonds is 0. The van der Waals surface area contributed by atoms with Crippen LogP contribution >= 0.6 is 0 Å². The van der Waals surface area contributed by atoms with Gasteiger partial charge in [0.15, 0.2) is 0 Å². The van der Waals surface area contributed by atoms with Crippen molar-refractivity contribution in [2.75, 3.05) is 0 Å². The van der Waals surface area contributed by atoms with Gasteiger partial charge in [0.1, 0.15) is 16.3 Å². The van der Waals surface area contributed by atoms with E-state index in [-0.39, 0.29) is 43.2 Å². The topological polar surface area (TPSA) is 71.6 Å². The Labute approximate surface area is 73.5 Å². The third kappa shape index (κ3) is 62.3. The van der Waals surface area contributed by atoms with Crippen molar-refractivity contribution < 1.29 is 15.4 Å². The van der Waals surface area contributed by atoms with E-state index in [1.807, 2.05) is 0 Å². The molecule has 32 valence electrons. The molecule has 6 heavy (non-hydrogen) atoms. The quantitative estimate of drug-likeness (QED) is 0.321. The van der Waals surface area contributed by atoms with Crippen LogP contribution in [0.2, 0.25) is 0 Å². The monoisotopic (exact) mass is 132 g/mol. The van der Waals surface area contributed by atoms with Crippen LogP contribution in [0.4, 0.5) is 4.79 Å². The number of carbonyl (C=O) groups is 1. The van der Waals surface area contributed by atoms with Crippen LogP contribution < -0.4 is 5.11 Å². The Hall–Kier alpha value is 1.22. The van der Waals surface area contributed by atoms with Crippen LogP contribution in [-0.4, -0.2) is 64.3 Å². The SMILES string of the molecule is O.O=[C]([O-])[AlH3-].[Ca+2]. The van der Waals surface area contributed by atoms with Crippen LogP contribution in [0.5, 0.6) is 0 Å². The fraction of sp³-hybridized carbons (Fsp3) is 0. The second-order valence-electron chi connectivity index (χ2n) is 0.0833. The summed E-state index contributed by atoms with van der Waals surface area (Å²) < 4.78 is 0. The summed E-state index contributed by atoms with van der Waals surface area (Å²) in [5.74, 6) is 0. The van der Waals surface area contributed by atoms with E-state index in [4.69, 9.17) is 9.90 Å². The molecule has 2 N–H and O–H groups in total. The zero-order valence-corrected chi connectivity index (χ0v) is 4.73. The molecule has 0 heterocycles. The van der Waals surface area contributed by atoms with Gasteiger partial charge < -0.3 is 15.4 Å². The second kappa shape index (κ2) is 9.52. The molecular weight excluding hydrogens is 127 g/mol. The van der Waals surface area contributed by atoms with Crippen LogP contribution in [0.1, 0.15) is 0 Å². The fourth-order valence-electron chi connectivity index (χ4n) is 0. The average Bonchev–Trinajstić information content (AvgIpc) is 0.811. The standard InChI is InChI=1S/CO2.Al.Ca.H2O.3H/c2-1-3;;;;;;/h;;;1H2;;;/q2*-1;+2;;;;. The second-order valence-corrected chi connectivity index (χ2v) is 0.0833. The molecule has 5 heteroatoms. The van der Waals surface area contributed by atoms with Crippen molar-refractivity contribution in [2.24, 2.45) is 0 Å². The van der Waals surface area contributed by atoms with E-state index in [9.17, 15) is 0 Å². The van der Waals surface area contributed by atoms with Crippen molar-refractivity contribution in [2.45, 2.75) is 0 Å². The molecule has 0 saturated heterocycles. The predicted molar refractivity (Wildman–Crippen MR) is 24.7 cm³/mol. The maximum atomic E-state index is 9.00. The Morgan fingerprint density at radius 2 is 1.67 bits per heavy atom. The normalized spacial score (nSPS) is 4.67. The van der Waals surface area contributed by atoms with Gasteiger partial charge in [-0.1, -0.05) is 0 Å². The van der Waals surface area contributed by atoms with Crippen molar-refractivity contribution in [1.29, 1.82) is 0 Å². The van der Waals surface area contributed by atoms with Crippen molar-refractivity contribution in [3.63, 3.8) is 0 Å². The molecule has 0 aliphatic rings. The third-order valence-corrected chi connectivity index (χ3v) is 0. The molecule has 0 aromatic heterocycles. The number of carboxylic acid groups (broad SMARTS) is 1. The molecule has 3 nitrogen and oxygen atoms in total. The van der Waals surface area contributed by atoms with E-state index in [0.29, 0.717) is 0 Å². The summed E-state index contributed by atoms with van der Waals surface area (Å²) in [6, 6.07) is 0. The summed E-state index contributed by atoms with van der Waals surface area (Å²) in [6.45, 7) is 0. The number of hydrogen-bond acceptors (Lipinski definition) is 2. The van der Waals surface area contributed by atoms with E-state index in [2.05, 4.69) is 0 Å². The van der Waals surface area contributed by atoms with Gasteiger partial charge >= 0.3 is 37.7 Å². The van der Waals surface area contributed by atoms with Gasteiger partial charge in [0.25, 0.3) is 0 Å². The molecule has 0 rings (SSSR count). The third-order valence-electron chi connectivity index (χ3n) is 0. The summed E-state index contributed by atoms with van der Waals surface area (Å²) >= 11 is -0.500. The van der Waals surface area contributed by atoms with Gasteiger partial charge in [-0.15, -0.1) is 0 Å². The van der Waals surface area contributed by atoms with Gasteiger partial charge in [0.05, 0.1) is 0 Å². The molecular formula is CH5AlCaO3. The smallest absolute Gasteiger partial charge is 0.605 e. The maximum Gasteiger partial charge on any atom is 2.00 e. The Morgan fingerprint density at radius 3 is 1.67 bits per heavy atom. The number of carbonyl (C=O) groups excluding carboxylic acids is 1. The molecule has 0 aliphatic heterocycles. The van der Waals surface area contributed by atoms with Crippen LogP contribution in [0.15, 0.2) is 0 Å². The molecule has 0 aromatic rings. The molecule has 0 aromatic carbocycles. The molecule has 0 fully saturated rings. The van der Waals surface area contributed by atoms with Gasteiger partial charge in [0, 0.05) is 0 Å². The number of hydrogen-bond donors (Lipinski definition) is 0. The maximum absolute atomic E-state index is 9.00. The van der Waals surface area contributed by atoms with Crippen molar-refractivity contribution >= 4 is 58.9 Å².